The van der Waals surface area contributed by atoms with Gasteiger partial charge in [-0.2, -0.15) is 0 Å². The highest BCUT2D eigenvalue weighted by Crippen LogP contribution is 2.14. The van der Waals surface area contributed by atoms with Gasteiger partial charge in [-0.05, 0) is 44.4 Å². The standard InChI is InChI=1S/C14H19FN2O3/c1-8-5-10(6-9(2)11(8)15)7-16-13(20)17-14(3,4)12(18)19/h5-6H,7H2,1-4H3,(H,18,19)(H2,16,17,20). The summed E-state index contributed by atoms with van der Waals surface area (Å²) < 4.78 is 13.5. The van der Waals surface area contributed by atoms with E-state index >= 15 is 0 Å². The Hall–Kier alpha value is -2.11. The van der Waals surface area contributed by atoms with E-state index in [-0.39, 0.29) is 12.4 Å². The summed E-state index contributed by atoms with van der Waals surface area (Å²) in [6, 6.07) is 2.70. The van der Waals surface area contributed by atoms with E-state index in [4.69, 9.17) is 5.11 Å². The van der Waals surface area contributed by atoms with Gasteiger partial charge in [0.2, 0.25) is 0 Å². The number of amides is 2. The van der Waals surface area contributed by atoms with Crippen LogP contribution in [0, 0.1) is 19.7 Å². The summed E-state index contributed by atoms with van der Waals surface area (Å²) >= 11 is 0. The van der Waals surface area contributed by atoms with Gasteiger partial charge in [-0.25, -0.2) is 14.0 Å². The van der Waals surface area contributed by atoms with Crippen LogP contribution in [0.5, 0.6) is 0 Å². The number of aryl methyl sites for hydroxylation is 2. The molecule has 0 heterocycles. The van der Waals surface area contributed by atoms with Gasteiger partial charge in [-0.15, -0.1) is 0 Å². The maximum atomic E-state index is 13.5. The fourth-order valence-electron chi connectivity index (χ4n) is 1.70. The zero-order valence-corrected chi connectivity index (χ0v) is 12.0. The van der Waals surface area contributed by atoms with Crippen molar-refractivity contribution in [2.24, 2.45) is 0 Å². The fraction of sp³-hybridized carbons (Fsp3) is 0.429. The van der Waals surface area contributed by atoms with Crippen molar-refractivity contribution in [1.82, 2.24) is 10.6 Å². The zero-order chi connectivity index (χ0) is 15.5. The van der Waals surface area contributed by atoms with E-state index in [0.717, 1.165) is 5.56 Å². The molecule has 0 spiro atoms. The van der Waals surface area contributed by atoms with Gasteiger partial charge < -0.3 is 15.7 Å². The number of benzene rings is 1. The maximum Gasteiger partial charge on any atom is 0.328 e. The number of aliphatic carboxylic acids is 1. The molecular formula is C14H19FN2O3. The average Bonchev–Trinajstić information content (AvgIpc) is 2.32. The zero-order valence-electron chi connectivity index (χ0n) is 12.0. The Morgan fingerprint density at radius 3 is 2.20 bits per heavy atom. The summed E-state index contributed by atoms with van der Waals surface area (Å²) in [5.74, 6) is -1.38. The Labute approximate surface area is 117 Å². The second-order valence-corrected chi connectivity index (χ2v) is 5.28. The van der Waals surface area contributed by atoms with E-state index in [1.165, 1.54) is 13.8 Å². The third-order valence-corrected chi connectivity index (χ3v) is 2.91. The van der Waals surface area contributed by atoms with Crippen LogP contribution in [0.15, 0.2) is 12.1 Å². The third kappa shape index (κ3) is 3.94. The summed E-state index contributed by atoms with van der Waals surface area (Å²) in [7, 11) is 0. The first-order valence-corrected chi connectivity index (χ1v) is 6.18. The lowest BCUT2D eigenvalue weighted by atomic mass is 10.1. The molecule has 0 aliphatic rings. The molecule has 0 bridgehead atoms. The van der Waals surface area contributed by atoms with Crippen LogP contribution in [0.1, 0.15) is 30.5 Å². The number of rotatable bonds is 4. The Kier molecular flexibility index (Phi) is 4.70. The van der Waals surface area contributed by atoms with E-state index < -0.39 is 17.5 Å². The molecule has 6 heteroatoms. The minimum absolute atomic E-state index is 0.198. The van der Waals surface area contributed by atoms with Crippen LogP contribution >= 0.6 is 0 Å². The van der Waals surface area contributed by atoms with E-state index in [0.29, 0.717) is 11.1 Å². The van der Waals surface area contributed by atoms with Gasteiger partial charge in [-0.1, -0.05) is 12.1 Å². The lowest BCUT2D eigenvalue weighted by Crippen LogP contribution is -2.52. The quantitative estimate of drug-likeness (QED) is 0.791. The van der Waals surface area contributed by atoms with Gasteiger partial charge in [0.1, 0.15) is 11.4 Å². The highest BCUT2D eigenvalue weighted by molar-refractivity contribution is 5.85. The lowest BCUT2D eigenvalue weighted by Gasteiger charge is -2.21. The number of hydrogen-bond donors (Lipinski definition) is 3. The lowest BCUT2D eigenvalue weighted by molar-refractivity contribution is -0.142. The van der Waals surface area contributed by atoms with Crippen LogP contribution in [0.3, 0.4) is 0 Å². The SMILES string of the molecule is Cc1cc(CNC(=O)NC(C)(C)C(=O)O)cc(C)c1F. The first-order chi connectivity index (χ1) is 9.13. The second-order valence-electron chi connectivity index (χ2n) is 5.28. The van der Waals surface area contributed by atoms with Gasteiger partial charge in [-0.3, -0.25) is 0 Å². The van der Waals surface area contributed by atoms with Crippen LogP contribution < -0.4 is 10.6 Å². The molecule has 0 aliphatic heterocycles. The summed E-state index contributed by atoms with van der Waals surface area (Å²) in [5.41, 5.74) is 0.421. The third-order valence-electron chi connectivity index (χ3n) is 2.91. The molecule has 3 N–H and O–H groups in total. The fourth-order valence-corrected chi connectivity index (χ4v) is 1.70. The molecule has 0 unspecified atom stereocenters. The van der Waals surface area contributed by atoms with Crippen LogP contribution in [-0.4, -0.2) is 22.6 Å². The summed E-state index contributed by atoms with van der Waals surface area (Å²) in [5, 5.41) is 13.8. The Balaban J connectivity index is 2.64. The highest BCUT2D eigenvalue weighted by atomic mass is 19.1. The van der Waals surface area contributed by atoms with Crippen molar-refractivity contribution in [2.75, 3.05) is 0 Å². The van der Waals surface area contributed by atoms with E-state index in [2.05, 4.69) is 10.6 Å². The molecule has 0 atom stereocenters. The van der Waals surface area contributed by atoms with Crippen molar-refractivity contribution in [3.63, 3.8) is 0 Å². The number of carbonyl (C=O) groups is 2. The first-order valence-electron chi connectivity index (χ1n) is 6.18. The summed E-state index contributed by atoms with van der Waals surface area (Å²) in [4.78, 5) is 22.5. The molecule has 2 amide bonds. The number of halogens is 1. The molecule has 0 saturated carbocycles. The number of carboxylic acid groups (broad SMARTS) is 1. The maximum absolute atomic E-state index is 13.5. The van der Waals surface area contributed by atoms with Crippen LogP contribution in [-0.2, 0) is 11.3 Å². The molecule has 1 rings (SSSR count). The average molecular weight is 282 g/mol. The summed E-state index contributed by atoms with van der Waals surface area (Å²) in [6.07, 6.45) is 0. The van der Waals surface area contributed by atoms with Gasteiger partial charge in [0, 0.05) is 6.54 Å². The second kappa shape index (κ2) is 5.90. The molecule has 20 heavy (non-hydrogen) atoms. The minimum atomic E-state index is -1.35. The van der Waals surface area contributed by atoms with Gasteiger partial charge in [0.25, 0.3) is 0 Å². The normalized spacial score (nSPS) is 11.1. The smallest absolute Gasteiger partial charge is 0.328 e. The van der Waals surface area contributed by atoms with Crippen LogP contribution in [0.2, 0.25) is 0 Å². The molecule has 0 aromatic heterocycles. The van der Waals surface area contributed by atoms with Crippen molar-refractivity contribution in [2.45, 2.75) is 39.8 Å². The van der Waals surface area contributed by atoms with Gasteiger partial charge in [0.05, 0.1) is 0 Å². The molecule has 5 nitrogen and oxygen atoms in total. The van der Waals surface area contributed by atoms with Crippen LogP contribution in [0.4, 0.5) is 9.18 Å². The largest absolute Gasteiger partial charge is 0.480 e. The molecular weight excluding hydrogens is 263 g/mol. The van der Waals surface area contributed by atoms with Crippen molar-refractivity contribution in [3.05, 3.63) is 34.6 Å². The van der Waals surface area contributed by atoms with E-state index in [9.17, 15) is 14.0 Å². The monoisotopic (exact) mass is 282 g/mol. The first kappa shape index (κ1) is 15.9. The Morgan fingerprint density at radius 2 is 1.75 bits per heavy atom. The predicted molar refractivity (Wildman–Crippen MR) is 73.0 cm³/mol. The van der Waals surface area contributed by atoms with Crippen LogP contribution in [0.25, 0.3) is 0 Å². The Morgan fingerprint density at radius 1 is 1.25 bits per heavy atom. The van der Waals surface area contributed by atoms with E-state index in [1.54, 1.807) is 26.0 Å². The van der Waals surface area contributed by atoms with Crippen molar-refractivity contribution >= 4 is 12.0 Å². The van der Waals surface area contributed by atoms with Crippen molar-refractivity contribution < 1.29 is 19.1 Å². The number of carboxylic acids is 1. The van der Waals surface area contributed by atoms with Gasteiger partial charge in [0.15, 0.2) is 0 Å². The van der Waals surface area contributed by atoms with Crippen molar-refractivity contribution in [1.29, 1.82) is 0 Å². The number of carbonyl (C=O) groups excluding carboxylic acids is 1. The molecule has 0 fully saturated rings. The number of urea groups is 1. The number of hydrogen-bond acceptors (Lipinski definition) is 2. The molecule has 110 valence electrons. The van der Waals surface area contributed by atoms with Gasteiger partial charge >= 0.3 is 12.0 Å². The molecule has 0 aliphatic carbocycles. The topological polar surface area (TPSA) is 78.4 Å². The number of nitrogens with one attached hydrogen (secondary N) is 2. The summed E-state index contributed by atoms with van der Waals surface area (Å²) in [6.45, 7) is 6.28. The van der Waals surface area contributed by atoms with Crippen molar-refractivity contribution in [3.8, 4) is 0 Å². The molecule has 1 aromatic rings. The Bertz CT molecular complexity index is 518. The minimum Gasteiger partial charge on any atom is -0.480 e. The molecule has 1 aromatic carbocycles. The predicted octanol–water partition coefficient (Wildman–Crippen LogP) is 2.10. The molecule has 0 radical (unpaired) electrons. The van der Waals surface area contributed by atoms with E-state index in [1.807, 2.05) is 0 Å². The molecule has 0 saturated heterocycles. The highest BCUT2D eigenvalue weighted by Gasteiger charge is 2.28.